The van der Waals surface area contributed by atoms with Crippen molar-refractivity contribution in [1.29, 1.82) is 0 Å². The van der Waals surface area contributed by atoms with E-state index in [4.69, 9.17) is 9.26 Å². The fraction of sp³-hybridized carbons (Fsp3) is 0.444. The zero-order valence-electron chi connectivity index (χ0n) is 9.29. The molecule has 0 spiro atoms. The van der Waals surface area contributed by atoms with E-state index in [1.54, 1.807) is 13.8 Å². The number of hydrogen-bond acceptors (Lipinski definition) is 5. The summed E-state index contributed by atoms with van der Waals surface area (Å²) < 4.78 is 9.53. The molecule has 0 unspecified atom stereocenters. The third-order valence-electron chi connectivity index (χ3n) is 1.65. The zero-order chi connectivity index (χ0) is 12.1. The summed E-state index contributed by atoms with van der Waals surface area (Å²) in [6, 6.07) is 0. The van der Waals surface area contributed by atoms with Gasteiger partial charge in [0.1, 0.15) is 11.4 Å². The molecular weight excluding hydrogens is 214 g/mol. The number of nitrogens with one attached hydrogen (secondary N) is 2. The lowest BCUT2D eigenvalue weighted by molar-refractivity contribution is -0.114. The van der Waals surface area contributed by atoms with Crippen molar-refractivity contribution < 1.29 is 18.8 Å². The van der Waals surface area contributed by atoms with Gasteiger partial charge in [0, 0.05) is 6.92 Å². The molecule has 0 atom stereocenters. The molecule has 0 saturated carbocycles. The number of ether oxygens (including phenoxy) is 1. The van der Waals surface area contributed by atoms with Crippen molar-refractivity contribution in [3.05, 3.63) is 5.69 Å². The lowest BCUT2D eigenvalue weighted by Gasteiger charge is -2.05. The molecule has 2 amide bonds. The van der Waals surface area contributed by atoms with Gasteiger partial charge in [-0.3, -0.25) is 15.4 Å². The molecule has 0 aliphatic carbocycles. The number of carbonyl (C=O) groups excluding carboxylic acids is 2. The van der Waals surface area contributed by atoms with Crippen LogP contribution in [0, 0.1) is 6.92 Å². The van der Waals surface area contributed by atoms with E-state index in [1.165, 1.54) is 6.92 Å². The molecule has 16 heavy (non-hydrogen) atoms. The van der Waals surface area contributed by atoms with E-state index in [1.807, 2.05) is 0 Å². The molecule has 0 aliphatic rings. The maximum atomic E-state index is 11.2. The first kappa shape index (κ1) is 12.0. The number of anilines is 2. The van der Waals surface area contributed by atoms with Crippen LogP contribution in [0.1, 0.15) is 19.5 Å². The predicted molar refractivity (Wildman–Crippen MR) is 56.2 cm³/mol. The van der Waals surface area contributed by atoms with Crippen LogP contribution in [-0.4, -0.2) is 23.8 Å². The van der Waals surface area contributed by atoms with E-state index in [0.717, 1.165) is 0 Å². The molecule has 1 aromatic heterocycles. The van der Waals surface area contributed by atoms with Crippen LogP contribution in [0.25, 0.3) is 0 Å². The highest BCUT2D eigenvalue weighted by atomic mass is 16.5. The number of aryl methyl sites for hydroxylation is 1. The molecule has 0 fully saturated rings. The molecule has 1 heterocycles. The largest absolute Gasteiger partial charge is 0.450 e. The van der Waals surface area contributed by atoms with Crippen molar-refractivity contribution in [2.24, 2.45) is 0 Å². The lowest BCUT2D eigenvalue weighted by Crippen LogP contribution is -2.15. The first-order chi connectivity index (χ1) is 7.54. The fourth-order valence-corrected chi connectivity index (χ4v) is 1.03. The highest BCUT2D eigenvalue weighted by Crippen LogP contribution is 2.25. The maximum Gasteiger partial charge on any atom is 0.411 e. The van der Waals surface area contributed by atoms with Gasteiger partial charge in [-0.15, -0.1) is 0 Å². The highest BCUT2D eigenvalue weighted by Gasteiger charge is 2.16. The molecule has 7 heteroatoms. The van der Waals surface area contributed by atoms with Crippen LogP contribution >= 0.6 is 0 Å². The second kappa shape index (κ2) is 5.15. The minimum absolute atomic E-state index is 0.0954. The quantitative estimate of drug-likeness (QED) is 0.816. The summed E-state index contributed by atoms with van der Waals surface area (Å²) in [5, 5.41) is 8.46. The molecule has 0 radical (unpaired) electrons. The smallest absolute Gasteiger partial charge is 0.411 e. The minimum Gasteiger partial charge on any atom is -0.450 e. The third kappa shape index (κ3) is 2.97. The normalized spacial score (nSPS) is 9.69. The van der Waals surface area contributed by atoms with Gasteiger partial charge in [-0.25, -0.2) is 4.79 Å². The van der Waals surface area contributed by atoms with Crippen LogP contribution in [0.4, 0.5) is 16.4 Å². The van der Waals surface area contributed by atoms with Crippen LogP contribution in [-0.2, 0) is 9.53 Å². The van der Waals surface area contributed by atoms with Gasteiger partial charge in [-0.1, -0.05) is 5.16 Å². The van der Waals surface area contributed by atoms with Crippen LogP contribution in [0.5, 0.6) is 0 Å². The van der Waals surface area contributed by atoms with Crippen LogP contribution in [0.3, 0.4) is 0 Å². The SMILES string of the molecule is CCOC(=O)Nc1c(C)noc1NC(C)=O. The zero-order valence-corrected chi connectivity index (χ0v) is 9.29. The Morgan fingerprint density at radius 2 is 2.12 bits per heavy atom. The molecule has 0 bridgehead atoms. The molecule has 2 N–H and O–H groups in total. The summed E-state index contributed by atoms with van der Waals surface area (Å²) in [5.41, 5.74) is 0.755. The van der Waals surface area contributed by atoms with Gasteiger partial charge in [0.15, 0.2) is 0 Å². The monoisotopic (exact) mass is 227 g/mol. The average molecular weight is 227 g/mol. The molecule has 0 aliphatic heterocycles. The van der Waals surface area contributed by atoms with E-state index in [9.17, 15) is 9.59 Å². The van der Waals surface area contributed by atoms with Gasteiger partial charge in [-0.2, -0.15) is 0 Å². The Balaban J connectivity index is 2.80. The van der Waals surface area contributed by atoms with Gasteiger partial charge in [0.05, 0.1) is 6.61 Å². The summed E-state index contributed by atoms with van der Waals surface area (Å²) in [4.78, 5) is 22.0. The van der Waals surface area contributed by atoms with Crippen molar-refractivity contribution in [1.82, 2.24) is 5.16 Å². The van der Waals surface area contributed by atoms with Gasteiger partial charge in [-0.05, 0) is 13.8 Å². The van der Waals surface area contributed by atoms with Crippen molar-refractivity contribution >= 4 is 23.6 Å². The molecule has 7 nitrogen and oxygen atoms in total. The summed E-state index contributed by atoms with van der Waals surface area (Å²) in [6.07, 6.45) is -0.625. The number of carbonyl (C=O) groups is 2. The van der Waals surface area contributed by atoms with Crippen molar-refractivity contribution in [2.75, 3.05) is 17.2 Å². The maximum absolute atomic E-state index is 11.2. The number of amides is 2. The van der Waals surface area contributed by atoms with E-state index in [-0.39, 0.29) is 18.4 Å². The van der Waals surface area contributed by atoms with Crippen LogP contribution in [0.15, 0.2) is 4.52 Å². The molecule has 1 aromatic rings. The van der Waals surface area contributed by atoms with Crippen molar-refractivity contribution in [3.8, 4) is 0 Å². The fourth-order valence-electron chi connectivity index (χ4n) is 1.03. The Kier molecular flexibility index (Phi) is 3.87. The Morgan fingerprint density at radius 3 is 2.69 bits per heavy atom. The highest BCUT2D eigenvalue weighted by molar-refractivity contribution is 5.95. The summed E-state index contributed by atoms with van der Waals surface area (Å²) in [7, 11) is 0. The van der Waals surface area contributed by atoms with Gasteiger partial charge >= 0.3 is 6.09 Å². The predicted octanol–water partition coefficient (Wildman–Crippen LogP) is 1.51. The van der Waals surface area contributed by atoms with Gasteiger partial charge in [0.25, 0.3) is 5.88 Å². The molecule has 0 aromatic carbocycles. The number of nitrogens with zero attached hydrogens (tertiary/aromatic N) is 1. The Bertz CT molecular complexity index is 399. The molecule has 1 rings (SSSR count). The van der Waals surface area contributed by atoms with E-state index >= 15 is 0 Å². The number of hydrogen-bond donors (Lipinski definition) is 2. The Labute approximate surface area is 92.1 Å². The summed E-state index contributed by atoms with van der Waals surface area (Å²) in [5.74, 6) is -0.221. The topological polar surface area (TPSA) is 93.5 Å². The van der Waals surface area contributed by atoms with E-state index in [2.05, 4.69) is 15.8 Å². The van der Waals surface area contributed by atoms with Gasteiger partial charge < -0.3 is 9.26 Å². The molecular formula is C9H13N3O4. The molecule has 88 valence electrons. The van der Waals surface area contributed by atoms with Gasteiger partial charge in [0.2, 0.25) is 5.91 Å². The summed E-state index contributed by atoms with van der Waals surface area (Å²) in [6.45, 7) is 4.91. The Morgan fingerprint density at radius 1 is 1.44 bits per heavy atom. The lowest BCUT2D eigenvalue weighted by atomic mass is 10.4. The Hall–Kier alpha value is -2.05. The van der Waals surface area contributed by atoms with E-state index in [0.29, 0.717) is 11.4 Å². The minimum atomic E-state index is -0.625. The third-order valence-corrected chi connectivity index (χ3v) is 1.65. The van der Waals surface area contributed by atoms with Crippen LogP contribution < -0.4 is 10.6 Å². The average Bonchev–Trinajstić information content (AvgIpc) is 2.49. The number of rotatable bonds is 3. The molecule has 0 saturated heterocycles. The summed E-state index contributed by atoms with van der Waals surface area (Å²) >= 11 is 0. The van der Waals surface area contributed by atoms with Crippen molar-refractivity contribution in [2.45, 2.75) is 20.8 Å². The second-order valence-corrected chi connectivity index (χ2v) is 3.00. The van der Waals surface area contributed by atoms with Crippen molar-refractivity contribution in [3.63, 3.8) is 0 Å². The first-order valence-electron chi connectivity index (χ1n) is 4.72. The second-order valence-electron chi connectivity index (χ2n) is 3.00. The van der Waals surface area contributed by atoms with Crippen LogP contribution in [0.2, 0.25) is 0 Å². The van der Waals surface area contributed by atoms with E-state index < -0.39 is 6.09 Å². The standard InChI is InChI=1S/C9H13N3O4/c1-4-15-9(14)11-7-5(2)12-16-8(7)10-6(3)13/h4H2,1-3H3,(H,10,13)(H,11,14). The first-order valence-corrected chi connectivity index (χ1v) is 4.72. The number of aromatic nitrogens is 1.